The molecule has 3 aromatic rings. The maximum Gasteiger partial charge on any atom is 0.248 e. The van der Waals surface area contributed by atoms with E-state index in [0.717, 1.165) is 27.7 Å². The van der Waals surface area contributed by atoms with Gasteiger partial charge >= 0.3 is 0 Å². The Hall–Kier alpha value is -2.56. The van der Waals surface area contributed by atoms with Crippen molar-refractivity contribution < 1.29 is 0 Å². The molecular weight excluding hydrogens is 252 g/mol. The van der Waals surface area contributed by atoms with Crippen LogP contribution in [0.25, 0.3) is 22.0 Å². The van der Waals surface area contributed by atoms with Crippen LogP contribution in [0.15, 0.2) is 35.1 Å². The second-order valence-corrected chi connectivity index (χ2v) is 5.21. The largest absolute Gasteiger partial charge is 0.382 e. The van der Waals surface area contributed by atoms with E-state index in [1.807, 2.05) is 38.1 Å². The SMILES string of the molecule is CC(C)c1cc(-c2ccc3c(N)n[nH]c3c2)cc(=O)[nH]1. The van der Waals surface area contributed by atoms with E-state index in [1.54, 1.807) is 6.07 Å². The first-order valence-corrected chi connectivity index (χ1v) is 6.53. The summed E-state index contributed by atoms with van der Waals surface area (Å²) in [5, 5.41) is 7.76. The molecule has 2 heterocycles. The van der Waals surface area contributed by atoms with Crippen molar-refractivity contribution in [3.05, 3.63) is 46.4 Å². The van der Waals surface area contributed by atoms with Crippen LogP contribution in [0.2, 0.25) is 0 Å². The molecule has 3 rings (SSSR count). The summed E-state index contributed by atoms with van der Waals surface area (Å²) in [6.45, 7) is 4.10. The zero-order valence-electron chi connectivity index (χ0n) is 11.4. The lowest BCUT2D eigenvalue weighted by atomic mass is 10.0. The molecule has 5 heteroatoms. The Balaban J connectivity index is 2.17. The molecule has 0 radical (unpaired) electrons. The fourth-order valence-electron chi connectivity index (χ4n) is 2.26. The van der Waals surface area contributed by atoms with Gasteiger partial charge in [0.15, 0.2) is 5.82 Å². The summed E-state index contributed by atoms with van der Waals surface area (Å²) >= 11 is 0. The predicted octanol–water partition coefficient (Wildman–Crippen LogP) is 2.62. The van der Waals surface area contributed by atoms with Crippen LogP contribution < -0.4 is 11.3 Å². The van der Waals surface area contributed by atoms with Crippen LogP contribution in [0.1, 0.15) is 25.5 Å². The van der Waals surface area contributed by atoms with Crippen molar-refractivity contribution >= 4 is 16.7 Å². The molecule has 5 nitrogen and oxygen atoms in total. The smallest absolute Gasteiger partial charge is 0.248 e. The minimum absolute atomic E-state index is 0.0876. The number of nitrogen functional groups attached to an aromatic ring is 1. The maximum atomic E-state index is 11.8. The highest BCUT2D eigenvalue weighted by Crippen LogP contribution is 2.26. The van der Waals surface area contributed by atoms with E-state index in [1.165, 1.54) is 0 Å². The molecule has 1 aromatic carbocycles. The summed E-state index contributed by atoms with van der Waals surface area (Å²) < 4.78 is 0. The summed E-state index contributed by atoms with van der Waals surface area (Å²) in [5.74, 6) is 0.759. The lowest BCUT2D eigenvalue weighted by Gasteiger charge is -2.08. The average Bonchev–Trinajstić information content (AvgIpc) is 2.79. The van der Waals surface area contributed by atoms with Crippen molar-refractivity contribution in [3.63, 3.8) is 0 Å². The molecule has 0 fully saturated rings. The van der Waals surface area contributed by atoms with Crippen molar-refractivity contribution in [2.45, 2.75) is 19.8 Å². The number of hydrogen-bond donors (Lipinski definition) is 3. The second-order valence-electron chi connectivity index (χ2n) is 5.21. The fraction of sp³-hybridized carbons (Fsp3) is 0.200. The highest BCUT2D eigenvalue weighted by molar-refractivity contribution is 5.91. The van der Waals surface area contributed by atoms with Gasteiger partial charge in [-0.1, -0.05) is 19.9 Å². The highest BCUT2D eigenvalue weighted by Gasteiger charge is 2.08. The van der Waals surface area contributed by atoms with Crippen molar-refractivity contribution in [3.8, 4) is 11.1 Å². The normalized spacial score (nSPS) is 11.3. The zero-order chi connectivity index (χ0) is 14.3. The molecule has 0 saturated carbocycles. The maximum absolute atomic E-state index is 11.8. The number of rotatable bonds is 2. The molecule has 0 spiro atoms. The standard InChI is InChI=1S/C15H16N4O/c1-8(2)12-6-10(7-14(20)17-12)9-3-4-11-13(5-9)18-19-15(11)16/h3-8H,1-2H3,(H,17,20)(H3,16,18,19). The lowest BCUT2D eigenvalue weighted by Crippen LogP contribution is -2.08. The van der Waals surface area contributed by atoms with Crippen molar-refractivity contribution in [2.24, 2.45) is 0 Å². The third-order valence-electron chi connectivity index (χ3n) is 3.41. The van der Waals surface area contributed by atoms with Gasteiger partial charge in [0.05, 0.1) is 5.52 Å². The average molecular weight is 268 g/mol. The van der Waals surface area contributed by atoms with Gasteiger partial charge in [0.25, 0.3) is 0 Å². The Morgan fingerprint density at radius 2 is 1.95 bits per heavy atom. The van der Waals surface area contributed by atoms with Crippen LogP contribution in [-0.4, -0.2) is 15.2 Å². The minimum Gasteiger partial charge on any atom is -0.382 e. The molecule has 0 unspecified atom stereocenters. The van der Waals surface area contributed by atoms with Crippen LogP contribution in [0.3, 0.4) is 0 Å². The number of aromatic amines is 2. The molecule has 2 aromatic heterocycles. The summed E-state index contributed by atoms with van der Waals surface area (Å²) in [6.07, 6.45) is 0. The molecule has 4 N–H and O–H groups in total. The molecule has 0 aliphatic rings. The number of hydrogen-bond acceptors (Lipinski definition) is 3. The Bertz CT molecular complexity index is 829. The molecule has 102 valence electrons. The van der Waals surface area contributed by atoms with E-state index in [2.05, 4.69) is 15.2 Å². The Kier molecular flexibility index (Phi) is 2.82. The molecule has 20 heavy (non-hydrogen) atoms. The quantitative estimate of drug-likeness (QED) is 0.667. The van der Waals surface area contributed by atoms with E-state index < -0.39 is 0 Å². The molecule has 0 bridgehead atoms. The van der Waals surface area contributed by atoms with Gasteiger partial charge in [0.1, 0.15) is 0 Å². The van der Waals surface area contributed by atoms with Crippen LogP contribution in [0.5, 0.6) is 0 Å². The summed E-state index contributed by atoms with van der Waals surface area (Å²) in [5.41, 5.74) is 9.33. The number of nitrogens with two attached hydrogens (primary N) is 1. The molecule has 0 saturated heterocycles. The van der Waals surface area contributed by atoms with Crippen LogP contribution in [0, 0.1) is 0 Å². The monoisotopic (exact) mass is 268 g/mol. The lowest BCUT2D eigenvalue weighted by molar-refractivity contribution is 0.816. The molecule has 0 atom stereocenters. The number of anilines is 1. The molecule has 0 amide bonds. The fourth-order valence-corrected chi connectivity index (χ4v) is 2.26. The zero-order valence-corrected chi connectivity index (χ0v) is 11.4. The number of pyridine rings is 1. The number of nitrogens with one attached hydrogen (secondary N) is 2. The van der Waals surface area contributed by atoms with Gasteiger partial charge in [-0.2, -0.15) is 5.10 Å². The predicted molar refractivity (Wildman–Crippen MR) is 80.7 cm³/mol. The van der Waals surface area contributed by atoms with Gasteiger partial charge in [0.2, 0.25) is 5.56 Å². The summed E-state index contributed by atoms with van der Waals surface area (Å²) in [7, 11) is 0. The Labute approximate surface area is 115 Å². The molecule has 0 aliphatic heterocycles. The van der Waals surface area contributed by atoms with Gasteiger partial charge in [-0.3, -0.25) is 9.89 Å². The number of fused-ring (bicyclic) bond motifs is 1. The number of benzene rings is 1. The Morgan fingerprint density at radius 1 is 1.15 bits per heavy atom. The van der Waals surface area contributed by atoms with Crippen LogP contribution in [-0.2, 0) is 0 Å². The number of nitrogens with zero attached hydrogens (tertiary/aromatic N) is 1. The summed E-state index contributed by atoms with van der Waals surface area (Å²) in [6, 6.07) is 9.43. The molecule has 0 aliphatic carbocycles. The first-order chi connectivity index (χ1) is 9.54. The highest BCUT2D eigenvalue weighted by atomic mass is 16.1. The van der Waals surface area contributed by atoms with Crippen molar-refractivity contribution in [1.82, 2.24) is 15.2 Å². The minimum atomic E-state index is -0.0876. The first-order valence-electron chi connectivity index (χ1n) is 6.53. The van der Waals surface area contributed by atoms with E-state index in [4.69, 9.17) is 5.73 Å². The van der Waals surface area contributed by atoms with Gasteiger partial charge in [-0.15, -0.1) is 0 Å². The first kappa shape index (κ1) is 12.5. The van der Waals surface area contributed by atoms with Gasteiger partial charge < -0.3 is 10.7 Å². The van der Waals surface area contributed by atoms with Crippen LogP contribution >= 0.6 is 0 Å². The van der Waals surface area contributed by atoms with Gasteiger partial charge in [-0.25, -0.2) is 0 Å². The van der Waals surface area contributed by atoms with E-state index in [9.17, 15) is 4.79 Å². The van der Waals surface area contributed by atoms with Gasteiger partial charge in [0, 0.05) is 17.1 Å². The molecular formula is C15H16N4O. The third kappa shape index (κ3) is 2.07. The summed E-state index contributed by atoms with van der Waals surface area (Å²) in [4.78, 5) is 14.6. The third-order valence-corrected chi connectivity index (χ3v) is 3.41. The van der Waals surface area contributed by atoms with E-state index in [0.29, 0.717) is 5.82 Å². The number of aromatic nitrogens is 3. The number of H-pyrrole nitrogens is 2. The van der Waals surface area contributed by atoms with Crippen LogP contribution in [0.4, 0.5) is 5.82 Å². The van der Waals surface area contributed by atoms with E-state index in [-0.39, 0.29) is 11.5 Å². The second kappa shape index (κ2) is 4.52. The van der Waals surface area contributed by atoms with Crippen molar-refractivity contribution in [2.75, 3.05) is 5.73 Å². The van der Waals surface area contributed by atoms with Crippen molar-refractivity contribution in [1.29, 1.82) is 0 Å². The van der Waals surface area contributed by atoms with Gasteiger partial charge in [-0.05, 0) is 35.2 Å². The van der Waals surface area contributed by atoms with E-state index >= 15 is 0 Å². The topological polar surface area (TPSA) is 87.6 Å². The Morgan fingerprint density at radius 3 is 2.70 bits per heavy atom.